The van der Waals surface area contributed by atoms with Crippen molar-refractivity contribution in [3.05, 3.63) is 0 Å². The molecule has 0 aromatic carbocycles. The van der Waals surface area contributed by atoms with Gasteiger partial charge in [-0.1, -0.05) is 6.42 Å². The van der Waals surface area contributed by atoms with E-state index in [9.17, 15) is 4.79 Å². The quantitative estimate of drug-likeness (QED) is 0.752. The molecule has 24 heavy (non-hydrogen) atoms. The number of nitrogens with zero attached hydrogens (tertiary/aromatic N) is 1. The molecule has 3 saturated carbocycles. The van der Waals surface area contributed by atoms with E-state index in [-0.39, 0.29) is 5.91 Å². The van der Waals surface area contributed by atoms with Crippen LogP contribution in [0, 0.1) is 23.7 Å². The summed E-state index contributed by atoms with van der Waals surface area (Å²) in [6, 6.07) is 1.04. The summed E-state index contributed by atoms with van der Waals surface area (Å²) in [5.74, 6) is 3.79. The van der Waals surface area contributed by atoms with Crippen molar-refractivity contribution in [2.45, 2.75) is 70.4 Å². The van der Waals surface area contributed by atoms with Gasteiger partial charge in [-0.2, -0.15) is 0 Å². The second-order valence-corrected chi connectivity index (χ2v) is 9.10. The molecule has 4 atom stereocenters. The summed E-state index contributed by atoms with van der Waals surface area (Å²) in [5, 5.41) is 7.03. The number of amides is 1. The highest BCUT2D eigenvalue weighted by Crippen LogP contribution is 2.49. The molecule has 1 heterocycles. The van der Waals surface area contributed by atoms with Crippen LogP contribution in [0.3, 0.4) is 0 Å². The molecule has 0 aromatic rings. The van der Waals surface area contributed by atoms with Crippen LogP contribution >= 0.6 is 0 Å². The molecular formula is C20H35N3O. The average molecular weight is 334 g/mol. The molecule has 4 aliphatic rings. The Labute approximate surface area is 147 Å². The fourth-order valence-corrected chi connectivity index (χ4v) is 5.47. The Morgan fingerprint density at radius 1 is 1.08 bits per heavy atom. The first-order valence-corrected chi connectivity index (χ1v) is 10.4. The third-order valence-corrected chi connectivity index (χ3v) is 7.17. The van der Waals surface area contributed by atoms with Crippen LogP contribution < -0.4 is 10.6 Å². The van der Waals surface area contributed by atoms with Crippen LogP contribution in [0.15, 0.2) is 0 Å². The summed E-state index contributed by atoms with van der Waals surface area (Å²) in [4.78, 5) is 14.8. The zero-order chi connectivity index (χ0) is 16.5. The number of hydrogen-bond acceptors (Lipinski definition) is 3. The molecule has 1 saturated heterocycles. The number of carbonyl (C=O) groups is 1. The second-order valence-electron chi connectivity index (χ2n) is 9.10. The van der Waals surface area contributed by atoms with Crippen molar-refractivity contribution in [2.75, 3.05) is 26.2 Å². The van der Waals surface area contributed by atoms with Gasteiger partial charge >= 0.3 is 0 Å². The zero-order valence-electron chi connectivity index (χ0n) is 15.3. The van der Waals surface area contributed by atoms with Crippen molar-refractivity contribution in [3.63, 3.8) is 0 Å². The molecule has 1 aliphatic heterocycles. The Morgan fingerprint density at radius 3 is 2.50 bits per heavy atom. The SMILES string of the molecule is CC(NC(=O)CN1CCC(NCC2CC2)CC1)C1CC2CCC1C2. The van der Waals surface area contributed by atoms with E-state index in [0.29, 0.717) is 18.6 Å². The summed E-state index contributed by atoms with van der Waals surface area (Å²) < 4.78 is 0. The van der Waals surface area contributed by atoms with Gasteiger partial charge in [-0.25, -0.2) is 0 Å². The van der Waals surface area contributed by atoms with E-state index in [1.165, 1.54) is 57.9 Å². The Balaban J connectivity index is 1.14. The van der Waals surface area contributed by atoms with Crippen LogP contribution in [0.2, 0.25) is 0 Å². The molecular weight excluding hydrogens is 298 g/mol. The van der Waals surface area contributed by atoms with Crippen LogP contribution in [0.25, 0.3) is 0 Å². The molecule has 3 aliphatic carbocycles. The van der Waals surface area contributed by atoms with E-state index in [1.807, 2.05) is 0 Å². The summed E-state index contributed by atoms with van der Waals surface area (Å²) in [6.45, 7) is 6.18. The third kappa shape index (κ3) is 4.13. The van der Waals surface area contributed by atoms with Gasteiger partial charge < -0.3 is 10.6 Å². The molecule has 4 rings (SSSR count). The van der Waals surface area contributed by atoms with Gasteiger partial charge in [0.2, 0.25) is 5.91 Å². The molecule has 4 heteroatoms. The van der Waals surface area contributed by atoms with Crippen molar-refractivity contribution in [1.82, 2.24) is 15.5 Å². The molecule has 0 spiro atoms. The van der Waals surface area contributed by atoms with E-state index in [1.54, 1.807) is 0 Å². The van der Waals surface area contributed by atoms with Crippen molar-refractivity contribution >= 4 is 5.91 Å². The fraction of sp³-hybridized carbons (Fsp3) is 0.950. The minimum absolute atomic E-state index is 0.245. The first-order valence-electron chi connectivity index (χ1n) is 10.4. The Kier molecular flexibility index (Phi) is 5.14. The van der Waals surface area contributed by atoms with E-state index in [2.05, 4.69) is 22.5 Å². The molecule has 136 valence electrons. The zero-order valence-corrected chi connectivity index (χ0v) is 15.3. The number of hydrogen-bond donors (Lipinski definition) is 2. The van der Waals surface area contributed by atoms with Crippen molar-refractivity contribution in [3.8, 4) is 0 Å². The van der Waals surface area contributed by atoms with Crippen LogP contribution in [0.1, 0.15) is 58.3 Å². The number of likely N-dealkylation sites (tertiary alicyclic amines) is 1. The van der Waals surface area contributed by atoms with E-state index in [0.717, 1.165) is 36.8 Å². The van der Waals surface area contributed by atoms with Crippen LogP contribution in [0.5, 0.6) is 0 Å². The highest BCUT2D eigenvalue weighted by molar-refractivity contribution is 5.78. The normalized spacial score (nSPS) is 35.3. The van der Waals surface area contributed by atoms with Gasteiger partial charge in [-0.15, -0.1) is 0 Å². The summed E-state index contributed by atoms with van der Waals surface area (Å²) in [7, 11) is 0. The smallest absolute Gasteiger partial charge is 0.234 e. The van der Waals surface area contributed by atoms with Gasteiger partial charge in [0, 0.05) is 25.2 Å². The van der Waals surface area contributed by atoms with Gasteiger partial charge in [0.15, 0.2) is 0 Å². The molecule has 1 amide bonds. The molecule has 2 bridgehead atoms. The van der Waals surface area contributed by atoms with E-state index >= 15 is 0 Å². The Morgan fingerprint density at radius 2 is 1.88 bits per heavy atom. The maximum atomic E-state index is 12.4. The Bertz CT molecular complexity index is 442. The number of piperidine rings is 1. The highest BCUT2D eigenvalue weighted by Gasteiger charge is 2.42. The lowest BCUT2D eigenvalue weighted by Gasteiger charge is -2.33. The maximum absolute atomic E-state index is 12.4. The van der Waals surface area contributed by atoms with Gasteiger partial charge in [0.1, 0.15) is 0 Å². The maximum Gasteiger partial charge on any atom is 0.234 e. The van der Waals surface area contributed by atoms with E-state index < -0.39 is 0 Å². The molecule has 0 aromatic heterocycles. The van der Waals surface area contributed by atoms with Gasteiger partial charge in [0.25, 0.3) is 0 Å². The predicted octanol–water partition coefficient (Wildman–Crippen LogP) is 2.39. The van der Waals surface area contributed by atoms with Crippen LogP contribution in [0.4, 0.5) is 0 Å². The lowest BCUT2D eigenvalue weighted by Crippen LogP contribution is -2.48. The predicted molar refractivity (Wildman–Crippen MR) is 96.7 cm³/mol. The largest absolute Gasteiger partial charge is 0.352 e. The molecule has 2 N–H and O–H groups in total. The number of carbonyl (C=O) groups excluding carboxylic acids is 1. The minimum atomic E-state index is 0.245. The Hall–Kier alpha value is -0.610. The lowest BCUT2D eigenvalue weighted by atomic mass is 9.84. The monoisotopic (exact) mass is 333 g/mol. The van der Waals surface area contributed by atoms with E-state index in [4.69, 9.17) is 0 Å². The molecule has 4 unspecified atom stereocenters. The summed E-state index contributed by atoms with van der Waals surface area (Å²) in [6.07, 6.45) is 10.8. The molecule has 0 radical (unpaired) electrons. The molecule has 4 nitrogen and oxygen atoms in total. The summed E-state index contributed by atoms with van der Waals surface area (Å²) in [5.41, 5.74) is 0. The van der Waals surface area contributed by atoms with Crippen LogP contribution in [-0.2, 0) is 4.79 Å². The fourth-order valence-electron chi connectivity index (χ4n) is 5.47. The first-order chi connectivity index (χ1) is 11.7. The average Bonchev–Trinajstić information content (AvgIpc) is 3.16. The topological polar surface area (TPSA) is 44.4 Å². The van der Waals surface area contributed by atoms with Gasteiger partial charge in [-0.3, -0.25) is 9.69 Å². The van der Waals surface area contributed by atoms with Crippen molar-refractivity contribution in [2.24, 2.45) is 23.7 Å². The summed E-state index contributed by atoms with van der Waals surface area (Å²) >= 11 is 0. The van der Waals surface area contributed by atoms with Gasteiger partial charge in [-0.05, 0) is 82.1 Å². The van der Waals surface area contributed by atoms with Crippen LogP contribution in [-0.4, -0.2) is 49.1 Å². The molecule has 4 fully saturated rings. The number of fused-ring (bicyclic) bond motifs is 2. The standard InChI is InChI=1S/C20H35N3O/c1-14(19-11-16-4-5-17(19)10-16)22-20(24)13-23-8-6-18(7-9-23)21-12-15-2-3-15/h14-19,21H,2-13H2,1H3,(H,22,24). The number of nitrogens with one attached hydrogen (secondary N) is 2. The van der Waals surface area contributed by atoms with Crippen molar-refractivity contribution in [1.29, 1.82) is 0 Å². The van der Waals surface area contributed by atoms with Gasteiger partial charge in [0.05, 0.1) is 6.54 Å². The van der Waals surface area contributed by atoms with Crippen molar-refractivity contribution < 1.29 is 4.79 Å². The highest BCUT2D eigenvalue weighted by atomic mass is 16.2. The second kappa shape index (κ2) is 7.33. The number of rotatable bonds is 7. The first kappa shape index (κ1) is 16.8. The lowest BCUT2D eigenvalue weighted by molar-refractivity contribution is -0.123. The minimum Gasteiger partial charge on any atom is -0.352 e. The third-order valence-electron chi connectivity index (χ3n) is 7.17.